The molecule has 1 heterocycles. The molecule has 156 valence electrons. The smallest absolute Gasteiger partial charge is 0.399 e. The Bertz CT molecular complexity index is 1040. The van der Waals surface area contributed by atoms with Gasteiger partial charge in [0, 0.05) is 10.5 Å². The fraction of sp³-hybridized carbons (Fsp3) is 0.333. The lowest BCUT2D eigenvalue weighted by molar-refractivity contribution is 0.00578. The molecular weight excluding hydrogens is 430 g/mol. The number of benzene rings is 2. The van der Waals surface area contributed by atoms with Crippen LogP contribution >= 0.6 is 11.6 Å². The largest absolute Gasteiger partial charge is 0.497 e. The van der Waals surface area contributed by atoms with E-state index in [1.54, 1.807) is 27.7 Å². The van der Waals surface area contributed by atoms with Gasteiger partial charge in [-0.05, 0) is 52.0 Å². The number of hydrogen-bond donors (Lipinski definition) is 1. The standard InChI is InChI=1S/C18H18BClF3NO4S/c1-17(2)18(3,4)28-19(27-17)11-8-10(20)9-14(15(11)23)24-29(25,26)16-12(21)6-5-7-13(16)22/h5-9,24H,1-4H3. The second kappa shape index (κ2) is 7.19. The van der Waals surface area contributed by atoms with Crippen molar-refractivity contribution in [3.8, 4) is 0 Å². The van der Waals surface area contributed by atoms with E-state index < -0.39 is 56.4 Å². The second-order valence-electron chi connectivity index (χ2n) is 7.60. The van der Waals surface area contributed by atoms with E-state index in [2.05, 4.69) is 0 Å². The number of anilines is 1. The van der Waals surface area contributed by atoms with Gasteiger partial charge in [-0.2, -0.15) is 0 Å². The highest BCUT2D eigenvalue weighted by Gasteiger charge is 2.52. The summed E-state index contributed by atoms with van der Waals surface area (Å²) in [5.74, 6) is -3.66. The molecule has 0 aromatic heterocycles. The van der Waals surface area contributed by atoms with Crippen LogP contribution < -0.4 is 10.2 Å². The van der Waals surface area contributed by atoms with Gasteiger partial charge in [-0.1, -0.05) is 17.7 Å². The van der Waals surface area contributed by atoms with Crippen LogP contribution in [0.15, 0.2) is 35.2 Å². The van der Waals surface area contributed by atoms with Gasteiger partial charge >= 0.3 is 7.12 Å². The fourth-order valence-electron chi connectivity index (χ4n) is 2.76. The van der Waals surface area contributed by atoms with Gasteiger partial charge < -0.3 is 9.31 Å². The molecule has 0 spiro atoms. The molecule has 3 rings (SSSR count). The van der Waals surface area contributed by atoms with Crippen molar-refractivity contribution < 1.29 is 30.9 Å². The third-order valence-electron chi connectivity index (χ3n) is 5.00. The summed E-state index contributed by atoms with van der Waals surface area (Å²) in [6, 6.07) is 4.80. The predicted molar refractivity (Wildman–Crippen MR) is 104 cm³/mol. The summed E-state index contributed by atoms with van der Waals surface area (Å²) < 4.78 is 81.3. The molecule has 1 aliphatic rings. The summed E-state index contributed by atoms with van der Waals surface area (Å²) in [7, 11) is -5.94. The molecule has 1 aliphatic heterocycles. The van der Waals surface area contributed by atoms with Crippen LogP contribution in [0.2, 0.25) is 5.02 Å². The summed E-state index contributed by atoms with van der Waals surface area (Å²) in [6.07, 6.45) is 0. The van der Waals surface area contributed by atoms with E-state index in [1.165, 1.54) is 6.07 Å². The summed E-state index contributed by atoms with van der Waals surface area (Å²) in [5, 5.41) is -0.0252. The number of hydrogen-bond acceptors (Lipinski definition) is 4. The molecule has 0 aliphatic carbocycles. The Balaban J connectivity index is 2.03. The van der Waals surface area contributed by atoms with Crippen molar-refractivity contribution in [1.29, 1.82) is 0 Å². The lowest BCUT2D eigenvalue weighted by Crippen LogP contribution is -2.41. The van der Waals surface area contributed by atoms with Crippen molar-refractivity contribution >= 4 is 39.9 Å². The molecule has 2 aromatic carbocycles. The van der Waals surface area contributed by atoms with Gasteiger partial charge in [0.05, 0.1) is 16.9 Å². The molecule has 11 heteroatoms. The van der Waals surface area contributed by atoms with Crippen LogP contribution in [0.25, 0.3) is 0 Å². The lowest BCUT2D eigenvalue weighted by atomic mass is 9.78. The molecule has 0 bridgehead atoms. The van der Waals surface area contributed by atoms with Gasteiger partial charge in [-0.3, -0.25) is 4.72 Å². The molecule has 0 saturated carbocycles. The highest BCUT2D eigenvalue weighted by atomic mass is 35.5. The quantitative estimate of drug-likeness (QED) is 0.723. The molecular formula is C18H18BClF3NO4S. The van der Waals surface area contributed by atoms with Crippen molar-refractivity contribution in [2.75, 3.05) is 4.72 Å². The first kappa shape index (κ1) is 22.0. The first-order valence-electron chi connectivity index (χ1n) is 8.56. The maximum atomic E-state index is 15.1. The van der Waals surface area contributed by atoms with E-state index in [4.69, 9.17) is 20.9 Å². The van der Waals surface area contributed by atoms with Crippen LogP contribution in [-0.2, 0) is 19.3 Å². The van der Waals surface area contributed by atoms with Gasteiger partial charge in [-0.25, -0.2) is 21.6 Å². The van der Waals surface area contributed by atoms with Gasteiger partial charge in [0.2, 0.25) is 0 Å². The zero-order valence-corrected chi connectivity index (χ0v) is 17.6. The van der Waals surface area contributed by atoms with E-state index in [0.29, 0.717) is 0 Å². The monoisotopic (exact) mass is 447 g/mol. The van der Waals surface area contributed by atoms with Crippen molar-refractivity contribution in [3.05, 3.63) is 52.8 Å². The van der Waals surface area contributed by atoms with Crippen LogP contribution in [0, 0.1) is 17.5 Å². The lowest BCUT2D eigenvalue weighted by Gasteiger charge is -2.32. The topological polar surface area (TPSA) is 64.6 Å². The van der Waals surface area contributed by atoms with Gasteiger partial charge in [0.15, 0.2) is 4.90 Å². The molecule has 1 saturated heterocycles. The average molecular weight is 448 g/mol. The molecule has 0 unspecified atom stereocenters. The first-order valence-corrected chi connectivity index (χ1v) is 10.4. The Kier molecular flexibility index (Phi) is 5.44. The van der Waals surface area contributed by atoms with E-state index >= 15 is 4.39 Å². The Morgan fingerprint density at radius 1 is 1.00 bits per heavy atom. The molecule has 1 N–H and O–H groups in total. The molecule has 1 fully saturated rings. The van der Waals surface area contributed by atoms with E-state index in [0.717, 1.165) is 24.3 Å². The third kappa shape index (κ3) is 3.99. The van der Waals surface area contributed by atoms with Crippen LogP contribution in [0.5, 0.6) is 0 Å². The molecule has 0 atom stereocenters. The molecule has 2 aromatic rings. The summed E-state index contributed by atoms with van der Waals surface area (Å²) in [4.78, 5) is -1.23. The van der Waals surface area contributed by atoms with Crippen molar-refractivity contribution in [1.82, 2.24) is 0 Å². The number of rotatable bonds is 4. The maximum Gasteiger partial charge on any atom is 0.497 e. The van der Waals surface area contributed by atoms with Crippen molar-refractivity contribution in [2.24, 2.45) is 0 Å². The predicted octanol–water partition coefficient (Wildman–Crippen LogP) is 3.86. The van der Waals surface area contributed by atoms with Crippen molar-refractivity contribution in [3.63, 3.8) is 0 Å². The average Bonchev–Trinajstić information content (AvgIpc) is 2.77. The Labute approximate surface area is 172 Å². The maximum absolute atomic E-state index is 15.1. The molecule has 0 radical (unpaired) electrons. The highest BCUT2D eigenvalue weighted by Crippen LogP contribution is 2.37. The zero-order chi connectivity index (χ0) is 21.8. The van der Waals surface area contributed by atoms with Crippen molar-refractivity contribution in [2.45, 2.75) is 43.8 Å². The van der Waals surface area contributed by atoms with E-state index in [1.807, 2.05) is 4.72 Å². The Hall–Kier alpha value is -1.75. The van der Waals surface area contributed by atoms with Crippen LogP contribution in [0.1, 0.15) is 27.7 Å². The Morgan fingerprint density at radius 3 is 2.03 bits per heavy atom. The molecule has 0 amide bonds. The van der Waals surface area contributed by atoms with Gasteiger partial charge in [0.1, 0.15) is 17.5 Å². The summed E-state index contributed by atoms with van der Waals surface area (Å²) >= 11 is 6.02. The second-order valence-corrected chi connectivity index (χ2v) is 9.66. The SMILES string of the molecule is CC1(C)OB(c2cc(Cl)cc(NS(=O)(=O)c3c(F)cccc3F)c2F)OC1(C)C. The Morgan fingerprint density at radius 2 is 1.52 bits per heavy atom. The van der Waals surface area contributed by atoms with E-state index in [-0.39, 0.29) is 10.5 Å². The van der Waals surface area contributed by atoms with Crippen LogP contribution in [-0.4, -0.2) is 26.7 Å². The zero-order valence-electron chi connectivity index (χ0n) is 16.0. The van der Waals surface area contributed by atoms with E-state index in [9.17, 15) is 17.2 Å². The fourth-order valence-corrected chi connectivity index (χ4v) is 4.18. The minimum atomic E-state index is -4.78. The van der Waals surface area contributed by atoms with Gasteiger partial charge in [0.25, 0.3) is 10.0 Å². The molecule has 29 heavy (non-hydrogen) atoms. The molecule has 5 nitrogen and oxygen atoms in total. The van der Waals surface area contributed by atoms with Crippen LogP contribution in [0.3, 0.4) is 0 Å². The first-order chi connectivity index (χ1) is 13.2. The number of nitrogens with one attached hydrogen (secondary N) is 1. The van der Waals surface area contributed by atoms with Gasteiger partial charge in [-0.15, -0.1) is 0 Å². The minimum Gasteiger partial charge on any atom is -0.399 e. The third-order valence-corrected chi connectivity index (χ3v) is 6.64. The minimum absolute atomic E-state index is 0.0252. The summed E-state index contributed by atoms with van der Waals surface area (Å²) in [5.41, 5.74) is -2.29. The normalized spacial score (nSPS) is 18.1. The summed E-state index contributed by atoms with van der Waals surface area (Å²) in [6.45, 7) is 7.06. The number of halogens is 4. The highest BCUT2D eigenvalue weighted by molar-refractivity contribution is 7.92. The number of sulfonamides is 1. The van der Waals surface area contributed by atoms with Crippen LogP contribution in [0.4, 0.5) is 18.9 Å².